The molecule has 7 nitrogen and oxygen atoms in total. The molecule has 0 spiro atoms. The molecule has 24 heavy (non-hydrogen) atoms. The molecule has 7 heteroatoms. The zero-order valence-corrected chi connectivity index (χ0v) is 14.1. The van der Waals surface area contributed by atoms with Crippen LogP contribution in [0.3, 0.4) is 0 Å². The average Bonchev–Trinajstić information content (AvgIpc) is 3.16. The number of aromatic nitrogens is 4. The molecule has 1 aromatic heterocycles. The van der Waals surface area contributed by atoms with E-state index in [4.69, 9.17) is 0 Å². The number of carbonyl (C=O) groups is 1. The molecule has 2 fully saturated rings. The van der Waals surface area contributed by atoms with Gasteiger partial charge in [-0.1, -0.05) is 18.2 Å². The predicted molar refractivity (Wildman–Crippen MR) is 88.6 cm³/mol. The van der Waals surface area contributed by atoms with E-state index in [0.717, 1.165) is 48.6 Å². The smallest absolute Gasteiger partial charge is 0.224 e. The summed E-state index contributed by atoms with van der Waals surface area (Å²) >= 11 is 0. The van der Waals surface area contributed by atoms with Gasteiger partial charge >= 0.3 is 0 Å². The molecule has 0 saturated carbocycles. The Labute approximate surface area is 141 Å². The van der Waals surface area contributed by atoms with Crippen LogP contribution in [0.4, 0.5) is 0 Å². The molecule has 1 aromatic carbocycles. The van der Waals surface area contributed by atoms with Crippen molar-refractivity contribution in [2.24, 2.45) is 5.92 Å². The second-order valence-corrected chi connectivity index (χ2v) is 6.78. The maximum absolute atomic E-state index is 12.0. The van der Waals surface area contributed by atoms with Gasteiger partial charge in [0, 0.05) is 12.6 Å². The third-order valence-electron chi connectivity index (χ3n) is 5.25. The summed E-state index contributed by atoms with van der Waals surface area (Å²) in [6, 6.07) is 6.45. The Morgan fingerprint density at radius 3 is 2.88 bits per heavy atom. The number of amides is 1. The Hall–Kier alpha value is -2.28. The molecule has 0 radical (unpaired) electrons. The normalized spacial score (nSPS) is 24.0. The first-order valence-corrected chi connectivity index (χ1v) is 8.51. The van der Waals surface area contributed by atoms with Gasteiger partial charge in [-0.25, -0.2) is 0 Å². The number of carbonyl (C=O) groups excluding carboxylic acids is 1. The second-order valence-electron chi connectivity index (χ2n) is 6.78. The fourth-order valence-electron chi connectivity index (χ4n) is 4.04. The van der Waals surface area contributed by atoms with E-state index < -0.39 is 0 Å². The van der Waals surface area contributed by atoms with Crippen LogP contribution in [0.1, 0.15) is 29.8 Å². The monoisotopic (exact) mass is 326 g/mol. The van der Waals surface area contributed by atoms with Crippen molar-refractivity contribution in [2.45, 2.75) is 39.3 Å². The van der Waals surface area contributed by atoms with Gasteiger partial charge < -0.3 is 5.32 Å². The van der Waals surface area contributed by atoms with E-state index in [9.17, 15) is 4.79 Å². The van der Waals surface area contributed by atoms with Crippen LogP contribution in [0.2, 0.25) is 0 Å². The number of hydrogen-bond acceptors (Lipinski definition) is 5. The third kappa shape index (κ3) is 2.49. The number of fused-ring (bicyclic) bond motifs is 1. The van der Waals surface area contributed by atoms with Gasteiger partial charge in [0.25, 0.3) is 0 Å². The van der Waals surface area contributed by atoms with Crippen molar-refractivity contribution in [3.63, 3.8) is 0 Å². The van der Waals surface area contributed by atoms with Crippen LogP contribution < -0.4 is 5.32 Å². The summed E-state index contributed by atoms with van der Waals surface area (Å²) in [6.07, 6.45) is 2.02. The lowest BCUT2D eigenvalue weighted by Gasteiger charge is -2.35. The van der Waals surface area contributed by atoms with Crippen molar-refractivity contribution in [3.05, 3.63) is 35.2 Å². The van der Waals surface area contributed by atoms with Crippen molar-refractivity contribution in [1.29, 1.82) is 0 Å². The highest BCUT2D eigenvalue weighted by atomic mass is 16.2. The quantitative estimate of drug-likeness (QED) is 0.910. The van der Waals surface area contributed by atoms with Gasteiger partial charge in [0.05, 0.1) is 18.2 Å². The molecule has 1 amide bonds. The summed E-state index contributed by atoms with van der Waals surface area (Å²) < 4.78 is 1.85. The minimum absolute atomic E-state index is 0.114. The molecule has 2 aliphatic rings. The lowest BCUT2D eigenvalue weighted by Crippen LogP contribution is -2.45. The first-order valence-electron chi connectivity index (χ1n) is 8.51. The largest absolute Gasteiger partial charge is 0.354 e. The van der Waals surface area contributed by atoms with Crippen LogP contribution in [-0.2, 0) is 11.3 Å². The van der Waals surface area contributed by atoms with E-state index in [-0.39, 0.29) is 17.9 Å². The Bertz CT molecular complexity index is 750. The van der Waals surface area contributed by atoms with Gasteiger partial charge in [0.15, 0.2) is 5.82 Å². The average molecular weight is 326 g/mol. The summed E-state index contributed by atoms with van der Waals surface area (Å²) in [4.78, 5) is 14.3. The number of nitrogens with zero attached hydrogens (tertiary/aromatic N) is 5. The van der Waals surface area contributed by atoms with E-state index >= 15 is 0 Å². The fraction of sp³-hybridized carbons (Fsp3) is 0.529. The van der Waals surface area contributed by atoms with Crippen molar-refractivity contribution in [2.75, 3.05) is 13.1 Å². The van der Waals surface area contributed by atoms with E-state index in [2.05, 4.69) is 51.7 Å². The molecule has 0 unspecified atom stereocenters. The molecule has 2 aromatic rings. The molecule has 0 aliphatic carbocycles. The molecular formula is C17H22N6O. The number of rotatable bonds is 3. The molecular weight excluding hydrogens is 304 g/mol. The minimum atomic E-state index is 0.114. The number of benzene rings is 1. The number of nitrogens with one attached hydrogen (secondary N) is 1. The summed E-state index contributed by atoms with van der Waals surface area (Å²) in [6.45, 7) is 6.52. The first-order chi connectivity index (χ1) is 11.6. The lowest BCUT2D eigenvalue weighted by molar-refractivity contribution is -0.124. The second kappa shape index (κ2) is 5.98. The Balaban J connectivity index is 1.63. The van der Waals surface area contributed by atoms with E-state index in [0.29, 0.717) is 6.54 Å². The summed E-state index contributed by atoms with van der Waals surface area (Å²) in [5.74, 6) is 1.13. The molecule has 3 heterocycles. The van der Waals surface area contributed by atoms with Crippen molar-refractivity contribution >= 4 is 5.91 Å². The maximum Gasteiger partial charge on any atom is 0.224 e. The van der Waals surface area contributed by atoms with Crippen LogP contribution >= 0.6 is 0 Å². The van der Waals surface area contributed by atoms with Crippen LogP contribution in [0.15, 0.2) is 18.2 Å². The highest BCUT2D eigenvalue weighted by Crippen LogP contribution is 2.28. The highest BCUT2D eigenvalue weighted by Gasteiger charge is 2.41. The minimum Gasteiger partial charge on any atom is -0.354 e. The zero-order valence-electron chi connectivity index (χ0n) is 14.1. The molecule has 2 atom stereocenters. The van der Waals surface area contributed by atoms with Gasteiger partial charge in [-0.15, -0.1) is 5.10 Å². The van der Waals surface area contributed by atoms with E-state index in [1.807, 2.05) is 10.7 Å². The molecule has 126 valence electrons. The van der Waals surface area contributed by atoms with Crippen LogP contribution in [-0.4, -0.2) is 50.1 Å². The first kappa shape index (κ1) is 15.3. The van der Waals surface area contributed by atoms with Crippen molar-refractivity contribution in [1.82, 2.24) is 30.4 Å². The standard InChI is InChI=1S/C17H22N6O/c1-11-5-3-6-12(2)16(11)23-15(19-20-21-23)10-22-8-4-7-13-14(22)9-18-17(13)24/h3,5-6,13-14H,4,7-10H2,1-2H3,(H,18,24)/t13-,14-/m1/s1. The van der Waals surface area contributed by atoms with E-state index in [1.165, 1.54) is 0 Å². The number of hydrogen-bond donors (Lipinski definition) is 1. The van der Waals surface area contributed by atoms with Gasteiger partial charge in [-0.05, 0) is 54.8 Å². The summed E-state index contributed by atoms with van der Waals surface area (Å²) in [5, 5.41) is 15.4. The summed E-state index contributed by atoms with van der Waals surface area (Å²) in [7, 11) is 0. The Morgan fingerprint density at radius 2 is 2.08 bits per heavy atom. The van der Waals surface area contributed by atoms with Gasteiger partial charge in [0.1, 0.15) is 0 Å². The molecule has 2 saturated heterocycles. The van der Waals surface area contributed by atoms with Crippen LogP contribution in [0, 0.1) is 19.8 Å². The SMILES string of the molecule is Cc1cccc(C)c1-n1nnnc1CN1CCC[C@H]2C(=O)NC[C@H]21. The Morgan fingerprint density at radius 1 is 1.29 bits per heavy atom. The molecule has 4 rings (SSSR count). The topological polar surface area (TPSA) is 75.9 Å². The Kier molecular flexibility index (Phi) is 3.80. The fourth-order valence-corrected chi connectivity index (χ4v) is 4.04. The van der Waals surface area contributed by atoms with Crippen LogP contribution in [0.25, 0.3) is 5.69 Å². The number of piperidine rings is 1. The summed E-state index contributed by atoms with van der Waals surface area (Å²) in [5.41, 5.74) is 3.35. The number of aryl methyl sites for hydroxylation is 2. The molecule has 2 aliphatic heterocycles. The van der Waals surface area contributed by atoms with Gasteiger partial charge in [-0.3, -0.25) is 9.69 Å². The molecule has 0 bridgehead atoms. The number of para-hydroxylation sites is 1. The zero-order chi connectivity index (χ0) is 16.7. The van der Waals surface area contributed by atoms with E-state index in [1.54, 1.807) is 0 Å². The van der Waals surface area contributed by atoms with Gasteiger partial charge in [-0.2, -0.15) is 4.68 Å². The van der Waals surface area contributed by atoms with Crippen molar-refractivity contribution in [3.8, 4) is 5.69 Å². The van der Waals surface area contributed by atoms with Gasteiger partial charge in [0.2, 0.25) is 5.91 Å². The third-order valence-corrected chi connectivity index (χ3v) is 5.25. The van der Waals surface area contributed by atoms with Crippen LogP contribution in [0.5, 0.6) is 0 Å². The lowest BCUT2D eigenvalue weighted by atomic mass is 9.91. The van der Waals surface area contributed by atoms with Crippen molar-refractivity contribution < 1.29 is 4.79 Å². The number of likely N-dealkylation sites (tertiary alicyclic amines) is 1. The predicted octanol–water partition coefficient (Wildman–Crippen LogP) is 0.990. The maximum atomic E-state index is 12.0. The number of tetrazole rings is 1. The highest BCUT2D eigenvalue weighted by molar-refractivity contribution is 5.82. The molecule has 1 N–H and O–H groups in total.